The zero-order chi connectivity index (χ0) is 22.5. The zero-order valence-corrected chi connectivity index (χ0v) is 17.8. The first-order valence-corrected chi connectivity index (χ1v) is 10.6. The molecule has 32 heavy (non-hydrogen) atoms. The van der Waals surface area contributed by atoms with Crippen LogP contribution in [0.5, 0.6) is 0 Å². The molecule has 1 heterocycles. The van der Waals surface area contributed by atoms with E-state index in [9.17, 15) is 14.0 Å². The van der Waals surface area contributed by atoms with Crippen LogP contribution >= 0.6 is 0 Å². The first-order valence-electron chi connectivity index (χ1n) is 10.6. The van der Waals surface area contributed by atoms with Gasteiger partial charge in [0, 0.05) is 31.2 Å². The summed E-state index contributed by atoms with van der Waals surface area (Å²) >= 11 is 0. The third-order valence-electron chi connectivity index (χ3n) is 5.14. The molecule has 4 rings (SSSR count). The van der Waals surface area contributed by atoms with E-state index in [4.69, 9.17) is 0 Å². The molecule has 0 bridgehead atoms. The smallest absolute Gasteiger partial charge is 0.274 e. The number of aromatic nitrogens is 3. The topological polar surface area (TPSA) is 101 Å². The maximum absolute atomic E-state index is 13.1. The fourth-order valence-electron chi connectivity index (χ4n) is 3.27. The van der Waals surface area contributed by atoms with Crippen LogP contribution in [0.2, 0.25) is 0 Å². The van der Waals surface area contributed by atoms with Gasteiger partial charge in [0.1, 0.15) is 5.82 Å². The minimum absolute atomic E-state index is 0.150. The number of carbonyl (C=O) groups is 2. The number of hydrogen-bond donors (Lipinski definition) is 3. The predicted octanol–water partition coefficient (Wildman–Crippen LogP) is 2.34. The molecule has 2 amide bonds. The van der Waals surface area contributed by atoms with Gasteiger partial charge in [0.15, 0.2) is 5.69 Å². The van der Waals surface area contributed by atoms with Gasteiger partial charge in [-0.25, -0.2) is 9.07 Å². The third-order valence-corrected chi connectivity index (χ3v) is 5.14. The van der Waals surface area contributed by atoms with Crippen LogP contribution in [-0.4, -0.2) is 39.4 Å². The number of nitrogens with one attached hydrogen (secondary N) is 3. The summed E-state index contributed by atoms with van der Waals surface area (Å²) in [4.78, 5) is 24.7. The second-order valence-electron chi connectivity index (χ2n) is 7.68. The van der Waals surface area contributed by atoms with E-state index < -0.39 is 0 Å². The molecule has 9 heteroatoms. The molecule has 0 radical (unpaired) electrons. The van der Waals surface area contributed by atoms with Gasteiger partial charge in [0.2, 0.25) is 0 Å². The molecule has 1 aliphatic carbocycles. The van der Waals surface area contributed by atoms with Gasteiger partial charge in [-0.05, 0) is 61.7 Å². The molecule has 1 fully saturated rings. The number of carbonyl (C=O) groups excluding carboxylic acids is 2. The second-order valence-corrected chi connectivity index (χ2v) is 7.68. The largest absolute Gasteiger partial charge is 0.352 e. The molecule has 1 aromatic heterocycles. The molecule has 1 aliphatic rings. The van der Waals surface area contributed by atoms with Gasteiger partial charge in [0.25, 0.3) is 11.8 Å². The molecule has 8 nitrogen and oxygen atoms in total. The molecule has 0 atom stereocenters. The molecule has 0 spiro atoms. The lowest BCUT2D eigenvalue weighted by Gasteiger charge is -2.11. The first-order chi connectivity index (χ1) is 15.5. The van der Waals surface area contributed by atoms with Crippen molar-refractivity contribution >= 4 is 11.8 Å². The van der Waals surface area contributed by atoms with E-state index in [-0.39, 0.29) is 29.4 Å². The molecule has 1 saturated carbocycles. The molecule has 3 aromatic rings. The van der Waals surface area contributed by atoms with Crippen LogP contribution in [0, 0.1) is 5.82 Å². The lowest BCUT2D eigenvalue weighted by molar-refractivity contribution is 0.0940. The Morgan fingerprint density at radius 1 is 1.03 bits per heavy atom. The van der Waals surface area contributed by atoms with Gasteiger partial charge in [-0.2, -0.15) is 0 Å². The van der Waals surface area contributed by atoms with Crippen LogP contribution in [-0.2, 0) is 13.1 Å². The number of hydrogen-bond acceptors (Lipinski definition) is 5. The molecular formula is C23H25FN6O2. The van der Waals surface area contributed by atoms with Crippen molar-refractivity contribution in [3.8, 4) is 5.69 Å². The Balaban J connectivity index is 1.55. The van der Waals surface area contributed by atoms with Crippen molar-refractivity contribution in [1.82, 2.24) is 30.9 Å². The first kappa shape index (κ1) is 21.6. The van der Waals surface area contributed by atoms with Crippen molar-refractivity contribution in [2.45, 2.75) is 38.9 Å². The minimum atomic E-state index is -0.286. The lowest BCUT2D eigenvalue weighted by atomic mass is 10.2. The summed E-state index contributed by atoms with van der Waals surface area (Å²) in [6, 6.07) is 13.4. The highest BCUT2D eigenvalue weighted by Gasteiger charge is 2.27. The van der Waals surface area contributed by atoms with E-state index in [1.54, 1.807) is 41.1 Å². The summed E-state index contributed by atoms with van der Waals surface area (Å²) in [5.74, 6) is -0.689. The third kappa shape index (κ3) is 5.17. The van der Waals surface area contributed by atoms with Gasteiger partial charge in [0.05, 0.1) is 11.4 Å². The van der Waals surface area contributed by atoms with E-state index in [0.717, 1.165) is 18.4 Å². The van der Waals surface area contributed by atoms with Crippen molar-refractivity contribution in [2.75, 3.05) is 6.54 Å². The highest BCUT2D eigenvalue weighted by Crippen LogP contribution is 2.20. The fraction of sp³-hybridized carbons (Fsp3) is 0.304. The number of amides is 2. The number of rotatable bonds is 9. The molecule has 0 aliphatic heterocycles. The van der Waals surface area contributed by atoms with Gasteiger partial charge in [-0.1, -0.05) is 17.3 Å². The summed E-state index contributed by atoms with van der Waals surface area (Å²) in [6.07, 6.45) is 1.94. The highest BCUT2D eigenvalue weighted by atomic mass is 19.1. The lowest BCUT2D eigenvalue weighted by Crippen LogP contribution is -2.28. The van der Waals surface area contributed by atoms with E-state index >= 15 is 0 Å². The van der Waals surface area contributed by atoms with E-state index in [1.165, 1.54) is 12.1 Å². The molecule has 2 aromatic carbocycles. The molecule has 0 saturated heterocycles. The molecule has 166 valence electrons. The number of nitrogens with zero attached hydrogens (tertiary/aromatic N) is 3. The van der Waals surface area contributed by atoms with Gasteiger partial charge in [-0.3, -0.25) is 9.59 Å². The summed E-state index contributed by atoms with van der Waals surface area (Å²) in [5.41, 5.74) is 3.01. The maximum atomic E-state index is 13.1. The highest BCUT2D eigenvalue weighted by molar-refractivity contribution is 5.94. The molecule has 0 unspecified atom stereocenters. The van der Waals surface area contributed by atoms with Gasteiger partial charge in [-0.15, -0.1) is 5.10 Å². The van der Waals surface area contributed by atoms with Crippen molar-refractivity contribution in [1.29, 1.82) is 0 Å². The van der Waals surface area contributed by atoms with E-state index in [1.807, 2.05) is 6.92 Å². The Labute approximate surface area is 185 Å². The number of benzene rings is 2. The number of halogens is 1. The van der Waals surface area contributed by atoms with E-state index in [2.05, 4.69) is 26.3 Å². The standard InChI is InChI=1S/C23H25FN6O2/c1-2-26-22(31)16-5-11-19(12-6-16)30-20(14-25-13-15-3-7-17(24)8-4-15)21(28-29-30)23(32)27-18-9-10-18/h3-8,11-12,18,25H,2,9-10,13-14H2,1H3,(H,26,31)(H,27,32). The van der Waals surface area contributed by atoms with Gasteiger partial charge >= 0.3 is 0 Å². The van der Waals surface area contributed by atoms with Crippen molar-refractivity contribution in [3.05, 3.63) is 76.9 Å². The Morgan fingerprint density at radius 2 is 1.75 bits per heavy atom. The minimum Gasteiger partial charge on any atom is -0.352 e. The van der Waals surface area contributed by atoms with Gasteiger partial charge < -0.3 is 16.0 Å². The molecular weight excluding hydrogens is 411 g/mol. The average molecular weight is 436 g/mol. The fourth-order valence-corrected chi connectivity index (χ4v) is 3.27. The Bertz CT molecular complexity index is 1090. The summed E-state index contributed by atoms with van der Waals surface area (Å²) in [6.45, 7) is 3.23. The van der Waals surface area contributed by atoms with Crippen LogP contribution in [0.3, 0.4) is 0 Å². The Hall–Kier alpha value is -3.59. The Morgan fingerprint density at radius 3 is 2.41 bits per heavy atom. The SMILES string of the molecule is CCNC(=O)c1ccc(-n2nnc(C(=O)NC3CC3)c2CNCc2ccc(F)cc2)cc1. The van der Waals surface area contributed by atoms with Crippen LogP contribution in [0.15, 0.2) is 48.5 Å². The van der Waals surface area contributed by atoms with Crippen molar-refractivity contribution in [2.24, 2.45) is 0 Å². The van der Waals surface area contributed by atoms with Crippen molar-refractivity contribution in [3.63, 3.8) is 0 Å². The monoisotopic (exact) mass is 436 g/mol. The maximum Gasteiger partial charge on any atom is 0.274 e. The van der Waals surface area contributed by atoms with Crippen LogP contribution in [0.4, 0.5) is 4.39 Å². The second kappa shape index (κ2) is 9.69. The molecule has 3 N–H and O–H groups in total. The zero-order valence-electron chi connectivity index (χ0n) is 17.8. The normalized spacial score (nSPS) is 13.1. The van der Waals surface area contributed by atoms with Crippen LogP contribution < -0.4 is 16.0 Å². The summed E-state index contributed by atoms with van der Waals surface area (Å²) in [7, 11) is 0. The average Bonchev–Trinajstić information content (AvgIpc) is 3.51. The summed E-state index contributed by atoms with van der Waals surface area (Å²) < 4.78 is 14.7. The predicted molar refractivity (Wildman–Crippen MR) is 117 cm³/mol. The summed E-state index contributed by atoms with van der Waals surface area (Å²) in [5, 5.41) is 17.3. The van der Waals surface area contributed by atoms with E-state index in [0.29, 0.717) is 36.6 Å². The van der Waals surface area contributed by atoms with Crippen LogP contribution in [0.1, 0.15) is 51.9 Å². The Kier molecular flexibility index (Phi) is 6.55. The van der Waals surface area contributed by atoms with Crippen molar-refractivity contribution < 1.29 is 14.0 Å². The quantitative estimate of drug-likeness (QED) is 0.478. The van der Waals surface area contributed by atoms with Crippen LogP contribution in [0.25, 0.3) is 5.69 Å².